The number of amides is 1. The van der Waals surface area contributed by atoms with Gasteiger partial charge in [0.25, 0.3) is 5.91 Å². The molecule has 0 bridgehead atoms. The largest absolute Gasteiger partial charge is 0.350 e. The first-order valence-electron chi connectivity index (χ1n) is 8.66. The van der Waals surface area contributed by atoms with Crippen molar-refractivity contribution in [3.63, 3.8) is 0 Å². The van der Waals surface area contributed by atoms with Crippen LogP contribution in [0, 0.1) is 12.8 Å². The second-order valence-corrected chi connectivity index (χ2v) is 7.80. The predicted molar refractivity (Wildman–Crippen MR) is 101 cm³/mol. The van der Waals surface area contributed by atoms with Crippen molar-refractivity contribution in [2.45, 2.75) is 32.4 Å². The van der Waals surface area contributed by atoms with Gasteiger partial charge >= 0.3 is 0 Å². The van der Waals surface area contributed by atoms with E-state index >= 15 is 0 Å². The quantitative estimate of drug-likeness (QED) is 0.715. The van der Waals surface area contributed by atoms with Crippen LogP contribution in [0.25, 0.3) is 10.2 Å². The summed E-state index contributed by atoms with van der Waals surface area (Å²) in [5, 5.41) is 8.66. The number of nitrogens with zero attached hydrogens (tertiary/aromatic N) is 2. The average Bonchev–Trinajstić information content (AvgIpc) is 3.31. The number of hydrogen-bond acceptors (Lipinski definition) is 4. The molecular formula is C19H22N4OS. The number of carbonyl (C=O) groups excluding carboxylic acids is 1. The molecule has 2 aromatic heterocycles. The van der Waals surface area contributed by atoms with Gasteiger partial charge in [0.1, 0.15) is 4.83 Å². The monoisotopic (exact) mass is 354 g/mol. The van der Waals surface area contributed by atoms with Crippen molar-refractivity contribution in [3.05, 3.63) is 52.5 Å². The molecule has 1 unspecified atom stereocenters. The van der Waals surface area contributed by atoms with E-state index in [0.29, 0.717) is 19.0 Å². The van der Waals surface area contributed by atoms with Crippen LogP contribution in [0.3, 0.4) is 0 Å². The molecule has 1 fully saturated rings. The Labute approximate surface area is 150 Å². The topological polar surface area (TPSA) is 72.9 Å². The minimum absolute atomic E-state index is 0.0389. The van der Waals surface area contributed by atoms with Gasteiger partial charge in [-0.3, -0.25) is 9.48 Å². The summed E-state index contributed by atoms with van der Waals surface area (Å²) >= 11 is 1.50. The van der Waals surface area contributed by atoms with Gasteiger partial charge < -0.3 is 11.1 Å². The number of aryl methyl sites for hydroxylation is 1. The molecule has 1 saturated carbocycles. The molecule has 0 saturated heterocycles. The molecule has 3 N–H and O–H groups in total. The Kier molecular flexibility index (Phi) is 4.31. The molecule has 1 aliphatic carbocycles. The van der Waals surface area contributed by atoms with E-state index in [-0.39, 0.29) is 11.9 Å². The molecular weight excluding hydrogens is 332 g/mol. The summed E-state index contributed by atoms with van der Waals surface area (Å²) in [4.78, 5) is 14.2. The summed E-state index contributed by atoms with van der Waals surface area (Å²) in [5.74, 6) is 0.548. The van der Waals surface area contributed by atoms with Crippen molar-refractivity contribution in [3.8, 4) is 0 Å². The Morgan fingerprint density at radius 1 is 1.40 bits per heavy atom. The highest BCUT2D eigenvalue weighted by molar-refractivity contribution is 7.20. The van der Waals surface area contributed by atoms with E-state index < -0.39 is 0 Å². The van der Waals surface area contributed by atoms with Crippen LogP contribution in [0.1, 0.15) is 33.8 Å². The third-order valence-electron chi connectivity index (χ3n) is 4.73. The number of thiophene rings is 1. The number of rotatable bonds is 6. The molecule has 130 valence electrons. The van der Waals surface area contributed by atoms with Gasteiger partial charge in [0.05, 0.1) is 17.1 Å². The molecule has 1 aromatic carbocycles. The van der Waals surface area contributed by atoms with Gasteiger partial charge in [-0.05, 0) is 37.3 Å². The lowest BCUT2D eigenvalue weighted by molar-refractivity contribution is 0.0954. The van der Waals surface area contributed by atoms with Crippen molar-refractivity contribution in [1.82, 2.24) is 15.1 Å². The van der Waals surface area contributed by atoms with Gasteiger partial charge in [-0.25, -0.2) is 0 Å². The van der Waals surface area contributed by atoms with Crippen LogP contribution in [0.2, 0.25) is 0 Å². The fourth-order valence-electron chi connectivity index (χ4n) is 3.08. The van der Waals surface area contributed by atoms with Gasteiger partial charge in [-0.1, -0.05) is 30.3 Å². The highest BCUT2D eigenvalue weighted by Gasteiger charge is 2.28. The lowest BCUT2D eigenvalue weighted by atomic mass is 10.2. The normalized spacial score (nSPS) is 15.4. The predicted octanol–water partition coefficient (Wildman–Crippen LogP) is 2.92. The molecule has 1 amide bonds. The number of nitrogens with two attached hydrogens (primary N) is 1. The average molecular weight is 354 g/mol. The SMILES string of the molecule is Cc1nn(Cc2ccccc2)c2sc(C(=O)NCC(N)C3CC3)cc12. The highest BCUT2D eigenvalue weighted by Crippen LogP contribution is 2.31. The van der Waals surface area contributed by atoms with Crippen LogP contribution in [0.4, 0.5) is 0 Å². The van der Waals surface area contributed by atoms with Crippen LogP contribution >= 0.6 is 11.3 Å². The van der Waals surface area contributed by atoms with Crippen molar-refractivity contribution in [1.29, 1.82) is 0 Å². The van der Waals surface area contributed by atoms with Gasteiger partial charge in [0, 0.05) is 18.0 Å². The Bertz CT molecular complexity index is 895. The first-order valence-corrected chi connectivity index (χ1v) is 9.48. The lowest BCUT2D eigenvalue weighted by Crippen LogP contribution is -2.38. The van der Waals surface area contributed by atoms with Crippen molar-refractivity contribution in [2.24, 2.45) is 11.7 Å². The van der Waals surface area contributed by atoms with Crippen LogP contribution in [0.5, 0.6) is 0 Å². The van der Waals surface area contributed by atoms with Crippen LogP contribution < -0.4 is 11.1 Å². The molecule has 1 atom stereocenters. The van der Waals surface area contributed by atoms with Gasteiger partial charge in [-0.15, -0.1) is 11.3 Å². The smallest absolute Gasteiger partial charge is 0.261 e. The maximum Gasteiger partial charge on any atom is 0.261 e. The molecule has 6 heteroatoms. The maximum absolute atomic E-state index is 12.5. The fourth-order valence-corrected chi connectivity index (χ4v) is 4.15. The molecule has 0 spiro atoms. The molecule has 1 aliphatic rings. The number of hydrogen-bond donors (Lipinski definition) is 2. The second-order valence-electron chi connectivity index (χ2n) is 6.77. The second kappa shape index (κ2) is 6.61. The number of benzene rings is 1. The van der Waals surface area contributed by atoms with Gasteiger partial charge in [0.15, 0.2) is 0 Å². The highest BCUT2D eigenvalue weighted by atomic mass is 32.1. The van der Waals surface area contributed by atoms with Crippen molar-refractivity contribution in [2.75, 3.05) is 6.54 Å². The van der Waals surface area contributed by atoms with Gasteiger partial charge in [0.2, 0.25) is 0 Å². The van der Waals surface area contributed by atoms with Crippen LogP contribution in [-0.4, -0.2) is 28.3 Å². The molecule has 5 nitrogen and oxygen atoms in total. The number of carbonyl (C=O) groups is 1. The number of aromatic nitrogens is 2. The Morgan fingerprint density at radius 2 is 2.16 bits per heavy atom. The van der Waals surface area contributed by atoms with E-state index in [1.807, 2.05) is 35.9 Å². The van der Waals surface area contributed by atoms with Crippen molar-refractivity contribution >= 4 is 27.5 Å². The van der Waals surface area contributed by atoms with E-state index in [4.69, 9.17) is 5.73 Å². The minimum atomic E-state index is -0.0389. The zero-order valence-corrected chi connectivity index (χ0v) is 15.1. The summed E-state index contributed by atoms with van der Waals surface area (Å²) in [6, 6.07) is 12.3. The van der Waals surface area contributed by atoms with Gasteiger partial charge in [-0.2, -0.15) is 5.10 Å². The minimum Gasteiger partial charge on any atom is -0.350 e. The fraction of sp³-hybridized carbons (Fsp3) is 0.368. The lowest BCUT2D eigenvalue weighted by Gasteiger charge is -2.10. The number of fused-ring (bicyclic) bond motifs is 1. The maximum atomic E-state index is 12.5. The first-order chi connectivity index (χ1) is 12.1. The summed E-state index contributed by atoms with van der Waals surface area (Å²) < 4.78 is 1.98. The third kappa shape index (κ3) is 3.45. The van der Waals surface area contributed by atoms with Crippen molar-refractivity contribution < 1.29 is 4.79 Å². The number of nitrogens with one attached hydrogen (secondary N) is 1. The molecule has 3 aromatic rings. The zero-order chi connectivity index (χ0) is 17.4. The summed E-state index contributed by atoms with van der Waals surface area (Å²) in [6.07, 6.45) is 2.38. The Hall–Kier alpha value is -2.18. The molecule has 2 heterocycles. The summed E-state index contributed by atoms with van der Waals surface area (Å²) in [6.45, 7) is 3.24. The summed E-state index contributed by atoms with van der Waals surface area (Å²) in [7, 11) is 0. The van der Waals surface area contributed by atoms with E-state index in [1.165, 1.54) is 29.7 Å². The molecule has 0 radical (unpaired) electrons. The zero-order valence-electron chi connectivity index (χ0n) is 14.2. The van der Waals surface area contributed by atoms with E-state index in [9.17, 15) is 4.79 Å². The first kappa shape index (κ1) is 16.3. The molecule has 25 heavy (non-hydrogen) atoms. The third-order valence-corrected chi connectivity index (χ3v) is 5.88. The molecule has 0 aliphatic heterocycles. The van der Waals surface area contributed by atoms with Crippen LogP contribution in [0.15, 0.2) is 36.4 Å². The molecule has 4 rings (SSSR count). The Morgan fingerprint density at radius 3 is 2.88 bits per heavy atom. The van der Waals surface area contributed by atoms with E-state index in [2.05, 4.69) is 22.5 Å². The standard InChI is InChI=1S/C19H22N4OS/c1-12-15-9-17(18(24)21-10-16(20)14-7-8-14)25-19(15)23(22-12)11-13-5-3-2-4-6-13/h2-6,9,14,16H,7-8,10-11,20H2,1H3,(H,21,24). The Balaban J connectivity index is 1.53. The van der Waals surface area contributed by atoms with E-state index in [0.717, 1.165) is 20.8 Å². The summed E-state index contributed by atoms with van der Waals surface area (Å²) in [5.41, 5.74) is 8.22. The van der Waals surface area contributed by atoms with Crippen LogP contribution in [-0.2, 0) is 6.54 Å². The van der Waals surface area contributed by atoms with E-state index in [1.54, 1.807) is 0 Å².